The van der Waals surface area contributed by atoms with E-state index in [0.29, 0.717) is 24.2 Å². The molecule has 2 rings (SSSR count). The summed E-state index contributed by atoms with van der Waals surface area (Å²) in [6.07, 6.45) is -1.16. The molecule has 1 fully saturated rings. The van der Waals surface area contributed by atoms with Gasteiger partial charge in [-0.2, -0.15) is 0 Å². The first-order valence-corrected chi connectivity index (χ1v) is 8.62. The fraction of sp³-hybridized carbons (Fsp3) is 0.538. The van der Waals surface area contributed by atoms with Crippen LogP contribution < -0.4 is 4.31 Å². The van der Waals surface area contributed by atoms with Crippen LogP contribution in [0.3, 0.4) is 0 Å². The molecule has 1 aliphatic rings. The summed E-state index contributed by atoms with van der Waals surface area (Å²) in [6.45, 7) is 0.451. The molecule has 0 amide bonds. The summed E-state index contributed by atoms with van der Waals surface area (Å²) in [5, 5.41) is 19.8. The number of aliphatic hydroxyl groups excluding tert-OH is 2. The molecule has 7 heteroatoms. The highest BCUT2D eigenvalue weighted by molar-refractivity contribution is 7.93. The monoisotopic (exact) mass is 319 g/mol. The van der Waals surface area contributed by atoms with Gasteiger partial charge in [-0.05, 0) is 30.5 Å². The Kier molecular flexibility index (Phi) is 4.90. The van der Waals surface area contributed by atoms with Gasteiger partial charge in [-0.25, -0.2) is 8.42 Å². The molecule has 2 atom stereocenters. The first-order chi connectivity index (χ1) is 9.45. The van der Waals surface area contributed by atoms with Crippen molar-refractivity contribution in [1.82, 2.24) is 0 Å². The summed E-state index contributed by atoms with van der Waals surface area (Å²) in [6, 6.07) is 6.63. The second kappa shape index (κ2) is 6.30. The van der Waals surface area contributed by atoms with Crippen molar-refractivity contribution in [3.8, 4) is 0 Å². The van der Waals surface area contributed by atoms with Crippen molar-refractivity contribution in [3.63, 3.8) is 0 Å². The second-order valence-corrected chi connectivity index (χ2v) is 7.22. The molecule has 0 aromatic heterocycles. The van der Waals surface area contributed by atoms with E-state index in [1.165, 1.54) is 4.31 Å². The lowest BCUT2D eigenvalue weighted by Gasteiger charge is -2.21. The highest BCUT2D eigenvalue weighted by Gasteiger charge is 2.29. The normalized spacial score (nSPS) is 20.9. The molecule has 1 saturated heterocycles. The Bertz CT molecular complexity index is 563. The Morgan fingerprint density at radius 1 is 1.35 bits per heavy atom. The van der Waals surface area contributed by atoms with E-state index in [4.69, 9.17) is 11.6 Å². The predicted molar refractivity (Wildman–Crippen MR) is 78.5 cm³/mol. The molecule has 1 aromatic rings. The number of hydrogen-bond donors (Lipinski definition) is 2. The van der Waals surface area contributed by atoms with Crippen molar-refractivity contribution in [1.29, 1.82) is 0 Å². The van der Waals surface area contributed by atoms with E-state index in [1.54, 1.807) is 24.3 Å². The van der Waals surface area contributed by atoms with Crippen molar-refractivity contribution in [2.24, 2.45) is 0 Å². The molecule has 0 radical (unpaired) electrons. The first kappa shape index (κ1) is 15.6. The number of anilines is 1. The Balaban J connectivity index is 2.24. The van der Waals surface area contributed by atoms with Gasteiger partial charge in [0, 0.05) is 12.4 Å². The highest BCUT2D eigenvalue weighted by atomic mass is 35.5. The van der Waals surface area contributed by atoms with E-state index in [-0.39, 0.29) is 18.1 Å². The minimum atomic E-state index is -3.24. The van der Waals surface area contributed by atoms with Crippen LogP contribution in [0.2, 0.25) is 0 Å². The van der Waals surface area contributed by atoms with Gasteiger partial charge in [0.1, 0.15) is 6.10 Å². The highest BCUT2D eigenvalue weighted by Crippen LogP contribution is 2.28. The number of nitrogens with zero attached hydrogens (tertiary/aromatic N) is 1. The van der Waals surface area contributed by atoms with E-state index < -0.39 is 22.2 Å². The molecule has 1 heterocycles. The topological polar surface area (TPSA) is 77.8 Å². The van der Waals surface area contributed by atoms with E-state index in [1.807, 2.05) is 0 Å². The third-order valence-electron chi connectivity index (χ3n) is 3.37. The Hall–Kier alpha value is -0.820. The number of rotatable bonds is 5. The fourth-order valence-electron chi connectivity index (χ4n) is 2.29. The van der Waals surface area contributed by atoms with Crippen molar-refractivity contribution < 1.29 is 18.6 Å². The molecule has 0 aliphatic carbocycles. The summed E-state index contributed by atoms with van der Waals surface area (Å²) in [5.74, 6) is 0.396. The van der Waals surface area contributed by atoms with Crippen molar-refractivity contribution >= 4 is 27.3 Å². The predicted octanol–water partition coefficient (Wildman–Crippen LogP) is 1.25. The first-order valence-electron chi connectivity index (χ1n) is 6.48. The quantitative estimate of drug-likeness (QED) is 0.801. The fourth-order valence-corrected chi connectivity index (χ4v) is 4.07. The summed E-state index contributed by atoms with van der Waals surface area (Å²) < 4.78 is 25.1. The molecule has 1 aliphatic heterocycles. The summed E-state index contributed by atoms with van der Waals surface area (Å²) in [4.78, 5) is 0. The lowest BCUT2D eigenvalue weighted by Crippen LogP contribution is -2.25. The number of sulfonamides is 1. The van der Waals surface area contributed by atoms with E-state index in [2.05, 4.69) is 0 Å². The molecule has 1 aromatic carbocycles. The number of aliphatic hydroxyl groups is 2. The second-order valence-electron chi connectivity index (χ2n) is 4.83. The maximum absolute atomic E-state index is 11.9. The van der Waals surface area contributed by atoms with Crippen LogP contribution in [0, 0.1) is 0 Å². The van der Waals surface area contributed by atoms with E-state index >= 15 is 0 Å². The largest absolute Gasteiger partial charge is 0.390 e. The van der Waals surface area contributed by atoms with Crippen LogP contribution in [0.25, 0.3) is 0 Å². The molecule has 112 valence electrons. The van der Waals surface area contributed by atoms with Crippen LogP contribution in [-0.2, 0) is 10.0 Å². The Morgan fingerprint density at radius 3 is 2.70 bits per heavy atom. The van der Waals surface area contributed by atoms with Crippen LogP contribution in [0.1, 0.15) is 24.5 Å². The van der Waals surface area contributed by atoms with Gasteiger partial charge < -0.3 is 10.2 Å². The molecule has 2 N–H and O–H groups in total. The van der Waals surface area contributed by atoms with Crippen LogP contribution in [0.5, 0.6) is 0 Å². The van der Waals surface area contributed by atoms with Crippen molar-refractivity contribution in [3.05, 3.63) is 29.8 Å². The van der Waals surface area contributed by atoms with Gasteiger partial charge in [0.05, 0.1) is 17.5 Å². The summed E-state index contributed by atoms with van der Waals surface area (Å²) >= 11 is 5.54. The molecule has 0 spiro atoms. The van der Waals surface area contributed by atoms with Crippen LogP contribution in [-0.4, -0.2) is 42.9 Å². The van der Waals surface area contributed by atoms with Gasteiger partial charge in [0.15, 0.2) is 0 Å². The lowest BCUT2D eigenvalue weighted by atomic mass is 10.0. The SMILES string of the molecule is O=S1(=O)CCCN1c1cccc(C(O)C(O)CCCl)c1. The zero-order valence-electron chi connectivity index (χ0n) is 10.9. The third-order valence-corrected chi connectivity index (χ3v) is 5.46. The maximum atomic E-state index is 11.9. The minimum Gasteiger partial charge on any atom is -0.390 e. The van der Waals surface area contributed by atoms with Crippen molar-refractivity contribution in [2.45, 2.75) is 25.0 Å². The van der Waals surface area contributed by atoms with Gasteiger partial charge in [0.2, 0.25) is 10.0 Å². The number of alkyl halides is 1. The Labute approximate surface area is 123 Å². The van der Waals surface area contributed by atoms with Gasteiger partial charge in [0.25, 0.3) is 0 Å². The maximum Gasteiger partial charge on any atom is 0.235 e. The summed E-state index contributed by atoms with van der Waals surface area (Å²) in [5.41, 5.74) is 1.01. The molecule has 0 bridgehead atoms. The average molecular weight is 320 g/mol. The number of hydrogen-bond acceptors (Lipinski definition) is 4. The molecule has 2 unspecified atom stereocenters. The molecule has 0 saturated carbocycles. The van der Waals surface area contributed by atoms with Crippen LogP contribution in [0.4, 0.5) is 5.69 Å². The molecular weight excluding hydrogens is 302 g/mol. The van der Waals surface area contributed by atoms with Gasteiger partial charge >= 0.3 is 0 Å². The average Bonchev–Trinajstić information content (AvgIpc) is 2.78. The summed E-state index contributed by atoms with van der Waals surface area (Å²) in [7, 11) is -3.24. The molecular formula is C13H18ClNO4S. The van der Waals surface area contributed by atoms with E-state index in [9.17, 15) is 18.6 Å². The zero-order chi connectivity index (χ0) is 14.8. The third kappa shape index (κ3) is 3.25. The van der Waals surface area contributed by atoms with Crippen LogP contribution in [0.15, 0.2) is 24.3 Å². The molecule has 20 heavy (non-hydrogen) atoms. The standard InChI is InChI=1S/C13H18ClNO4S/c14-6-5-12(16)13(17)10-3-1-4-11(9-10)15-7-2-8-20(15,18)19/h1,3-4,9,12-13,16-17H,2,5-8H2. The van der Waals surface area contributed by atoms with Crippen LogP contribution >= 0.6 is 11.6 Å². The van der Waals surface area contributed by atoms with Gasteiger partial charge in [-0.3, -0.25) is 4.31 Å². The van der Waals surface area contributed by atoms with Crippen molar-refractivity contribution in [2.75, 3.05) is 22.5 Å². The Morgan fingerprint density at radius 2 is 2.10 bits per heavy atom. The lowest BCUT2D eigenvalue weighted by molar-refractivity contribution is 0.0170. The molecule has 5 nitrogen and oxygen atoms in total. The zero-order valence-corrected chi connectivity index (χ0v) is 12.5. The number of benzene rings is 1. The smallest absolute Gasteiger partial charge is 0.235 e. The van der Waals surface area contributed by atoms with E-state index in [0.717, 1.165) is 0 Å². The minimum absolute atomic E-state index is 0.147. The van der Waals surface area contributed by atoms with Gasteiger partial charge in [-0.1, -0.05) is 12.1 Å². The number of halogens is 1. The van der Waals surface area contributed by atoms with Gasteiger partial charge in [-0.15, -0.1) is 11.6 Å².